The van der Waals surface area contributed by atoms with Gasteiger partial charge < -0.3 is 19.9 Å². The Morgan fingerprint density at radius 2 is 1.86 bits per heavy atom. The summed E-state index contributed by atoms with van der Waals surface area (Å²) in [5.74, 6) is 0.645. The number of methoxy groups -OCH3 is 1. The minimum atomic E-state index is -0.339. The summed E-state index contributed by atoms with van der Waals surface area (Å²) in [6.45, 7) is 7.63. The first-order chi connectivity index (χ1) is 20.3. The Kier molecular flexibility index (Phi) is 8.21. The molecule has 1 unspecified atom stereocenters. The zero-order valence-electron chi connectivity index (χ0n) is 24.9. The van der Waals surface area contributed by atoms with Crippen molar-refractivity contribution in [2.24, 2.45) is 11.3 Å². The number of aryl methyl sites for hydroxylation is 1. The average Bonchev–Trinajstić information content (AvgIpc) is 2.98. The van der Waals surface area contributed by atoms with Crippen LogP contribution in [0.4, 0.5) is 5.69 Å². The molecule has 4 fully saturated rings. The van der Waals surface area contributed by atoms with Crippen LogP contribution in [0.25, 0.3) is 0 Å². The minimum absolute atomic E-state index is 0.00578. The molecule has 9 heteroatoms. The van der Waals surface area contributed by atoms with Gasteiger partial charge in [-0.1, -0.05) is 6.07 Å². The number of carbonyl (C=O) groups is 3. The predicted octanol–water partition coefficient (Wildman–Crippen LogP) is 3.81. The van der Waals surface area contributed by atoms with Crippen molar-refractivity contribution in [3.8, 4) is 5.75 Å². The molecule has 1 atom stereocenters. The van der Waals surface area contributed by atoms with Crippen LogP contribution >= 0.6 is 0 Å². The van der Waals surface area contributed by atoms with Crippen molar-refractivity contribution in [3.05, 3.63) is 53.3 Å². The van der Waals surface area contributed by atoms with Crippen LogP contribution in [-0.4, -0.2) is 73.5 Å². The van der Waals surface area contributed by atoms with Gasteiger partial charge in [-0.15, -0.1) is 0 Å². The maximum Gasteiger partial charge on any atom is 0.251 e. The molecule has 2 N–H and O–H groups in total. The van der Waals surface area contributed by atoms with Crippen molar-refractivity contribution >= 4 is 23.4 Å². The highest BCUT2D eigenvalue weighted by molar-refractivity contribution is 6.00. The van der Waals surface area contributed by atoms with E-state index in [-0.39, 0.29) is 29.7 Å². The number of carbonyl (C=O) groups excluding carboxylic acids is 3. The number of hydrogen-bond acceptors (Lipinski definition) is 7. The second kappa shape index (κ2) is 12.0. The first kappa shape index (κ1) is 28.6. The van der Waals surface area contributed by atoms with Crippen LogP contribution < -0.4 is 20.3 Å². The van der Waals surface area contributed by atoms with Crippen molar-refractivity contribution in [1.82, 2.24) is 20.5 Å². The van der Waals surface area contributed by atoms with E-state index in [1.165, 1.54) is 32.2 Å². The van der Waals surface area contributed by atoms with Gasteiger partial charge in [0.05, 0.1) is 30.6 Å². The maximum atomic E-state index is 12.7. The van der Waals surface area contributed by atoms with Crippen molar-refractivity contribution in [2.75, 3.05) is 44.7 Å². The second-order valence-corrected chi connectivity index (χ2v) is 12.9. The lowest BCUT2D eigenvalue weighted by Crippen LogP contribution is -2.55. The highest BCUT2D eigenvalue weighted by atomic mass is 16.5. The van der Waals surface area contributed by atoms with Crippen molar-refractivity contribution in [2.45, 2.75) is 70.3 Å². The smallest absolute Gasteiger partial charge is 0.251 e. The molecule has 4 aliphatic rings. The van der Waals surface area contributed by atoms with Gasteiger partial charge in [-0.05, 0) is 106 Å². The first-order valence-electron chi connectivity index (χ1n) is 15.5. The third-order valence-electron chi connectivity index (χ3n) is 10.1. The third kappa shape index (κ3) is 6.16. The number of ether oxygens (including phenoxy) is 1. The number of nitrogens with one attached hydrogen (secondary N) is 2. The monoisotopic (exact) mass is 573 g/mol. The van der Waals surface area contributed by atoms with Crippen molar-refractivity contribution in [1.29, 1.82) is 0 Å². The molecule has 0 radical (unpaired) electrons. The van der Waals surface area contributed by atoms with Crippen molar-refractivity contribution < 1.29 is 19.1 Å². The van der Waals surface area contributed by atoms with E-state index < -0.39 is 0 Å². The molecule has 1 aliphatic carbocycles. The Balaban J connectivity index is 0.924. The number of likely N-dealkylation sites (tertiary alicyclic amines) is 1. The molecule has 1 aromatic heterocycles. The van der Waals surface area contributed by atoms with Gasteiger partial charge in [-0.3, -0.25) is 24.7 Å². The number of rotatable bonds is 7. The summed E-state index contributed by atoms with van der Waals surface area (Å²) in [6.07, 6.45) is 9.79. The number of nitrogens with zero attached hydrogens (tertiary/aromatic N) is 3. The van der Waals surface area contributed by atoms with Crippen LogP contribution in [0.1, 0.15) is 78.9 Å². The van der Waals surface area contributed by atoms with Gasteiger partial charge in [0.25, 0.3) is 5.91 Å². The van der Waals surface area contributed by atoms with E-state index in [0.29, 0.717) is 35.5 Å². The third-order valence-corrected chi connectivity index (χ3v) is 10.1. The molecule has 6 rings (SSSR count). The summed E-state index contributed by atoms with van der Waals surface area (Å²) in [4.78, 5) is 46.2. The highest BCUT2D eigenvalue weighted by Gasteiger charge is 2.46. The number of benzene rings is 1. The number of pyridine rings is 1. The number of anilines is 1. The predicted molar refractivity (Wildman–Crippen MR) is 161 cm³/mol. The van der Waals surface area contributed by atoms with Gasteiger partial charge >= 0.3 is 0 Å². The Labute approximate surface area is 248 Å². The van der Waals surface area contributed by atoms with Crippen LogP contribution in [0.15, 0.2) is 36.5 Å². The van der Waals surface area contributed by atoms with E-state index in [4.69, 9.17) is 4.74 Å². The Bertz CT molecular complexity index is 1320. The van der Waals surface area contributed by atoms with Crippen LogP contribution in [0.5, 0.6) is 5.75 Å². The molecule has 1 spiro atoms. The van der Waals surface area contributed by atoms with E-state index in [2.05, 4.69) is 32.3 Å². The lowest BCUT2D eigenvalue weighted by molar-refractivity contribution is -0.134. The highest BCUT2D eigenvalue weighted by Crippen LogP contribution is 2.49. The fourth-order valence-electron chi connectivity index (χ4n) is 7.53. The summed E-state index contributed by atoms with van der Waals surface area (Å²) < 4.78 is 5.25. The summed E-state index contributed by atoms with van der Waals surface area (Å²) >= 11 is 0. The fraction of sp³-hybridized carbons (Fsp3) is 0.576. The zero-order valence-corrected chi connectivity index (χ0v) is 24.9. The van der Waals surface area contributed by atoms with Crippen LogP contribution in [0.3, 0.4) is 0 Å². The van der Waals surface area contributed by atoms with E-state index in [1.54, 1.807) is 13.2 Å². The Hall–Kier alpha value is -3.46. The molecule has 42 heavy (non-hydrogen) atoms. The molecule has 3 aliphatic heterocycles. The standard InChI is InChI=1S/C33H43N5O4/c1-22-16-28(27-6-7-30(39)36-32(27)41)34-20-29(22)38-12-8-23(9-13-38)21-37-14-10-33(11-15-37)18-25(19-33)35-31(40)24-4-3-5-26(17-24)42-2/h3-5,16-17,20,23,25,27H,6-15,18-19,21H2,1-2H3,(H,35,40)(H,36,39,41). The van der Waals surface area contributed by atoms with Gasteiger partial charge in [-0.2, -0.15) is 0 Å². The molecule has 2 aromatic rings. The second-order valence-electron chi connectivity index (χ2n) is 12.9. The molecule has 1 saturated carbocycles. The van der Waals surface area contributed by atoms with E-state index in [9.17, 15) is 14.4 Å². The van der Waals surface area contributed by atoms with Gasteiger partial charge in [0.2, 0.25) is 11.8 Å². The van der Waals surface area contributed by atoms with E-state index in [0.717, 1.165) is 56.0 Å². The minimum Gasteiger partial charge on any atom is -0.497 e. The van der Waals surface area contributed by atoms with Gasteiger partial charge in [0.15, 0.2) is 0 Å². The lowest BCUT2D eigenvalue weighted by Gasteiger charge is -2.52. The van der Waals surface area contributed by atoms with Gasteiger partial charge in [0.1, 0.15) is 5.75 Å². The molecule has 3 amide bonds. The maximum absolute atomic E-state index is 12.7. The molecular formula is C33H43N5O4. The molecular weight excluding hydrogens is 530 g/mol. The number of hydrogen-bond donors (Lipinski definition) is 2. The van der Waals surface area contributed by atoms with Crippen molar-refractivity contribution in [3.63, 3.8) is 0 Å². The summed E-state index contributed by atoms with van der Waals surface area (Å²) in [5, 5.41) is 5.67. The Morgan fingerprint density at radius 1 is 1.10 bits per heavy atom. The number of piperidine rings is 3. The largest absolute Gasteiger partial charge is 0.497 e. The summed E-state index contributed by atoms with van der Waals surface area (Å²) in [7, 11) is 1.62. The Morgan fingerprint density at radius 3 is 2.55 bits per heavy atom. The van der Waals surface area contributed by atoms with Gasteiger partial charge in [-0.25, -0.2) is 0 Å². The molecule has 3 saturated heterocycles. The van der Waals surface area contributed by atoms with E-state index >= 15 is 0 Å². The fourth-order valence-corrected chi connectivity index (χ4v) is 7.53. The van der Waals surface area contributed by atoms with Gasteiger partial charge in [0, 0.05) is 37.7 Å². The van der Waals surface area contributed by atoms with Crippen LogP contribution in [-0.2, 0) is 9.59 Å². The first-order valence-corrected chi connectivity index (χ1v) is 15.5. The number of amides is 3. The molecule has 224 valence electrons. The normalized spacial score (nSPS) is 23.4. The molecule has 9 nitrogen and oxygen atoms in total. The molecule has 1 aromatic carbocycles. The molecule has 0 bridgehead atoms. The van der Waals surface area contributed by atoms with Crippen LogP contribution in [0, 0.1) is 18.3 Å². The lowest BCUT2D eigenvalue weighted by atomic mass is 9.60. The SMILES string of the molecule is COc1cccc(C(=O)NC2CC3(CCN(CC4CCN(c5cnc(C6CCC(=O)NC6=O)cc5C)CC4)CC3)C2)c1. The number of aromatic nitrogens is 1. The average molecular weight is 574 g/mol. The van der Waals surface area contributed by atoms with E-state index in [1.807, 2.05) is 30.5 Å². The summed E-state index contributed by atoms with van der Waals surface area (Å²) in [6, 6.07) is 9.65. The zero-order chi connectivity index (χ0) is 29.3. The van der Waals surface area contributed by atoms with Crippen LogP contribution in [0.2, 0.25) is 0 Å². The quantitative estimate of drug-likeness (QED) is 0.486. The summed E-state index contributed by atoms with van der Waals surface area (Å²) in [5.41, 5.74) is 4.12. The molecule has 4 heterocycles. The number of imide groups is 1. The topological polar surface area (TPSA) is 104 Å².